The Kier molecular flexibility index (Phi) is 4.90. The van der Waals surface area contributed by atoms with E-state index in [-0.39, 0.29) is 5.56 Å². The van der Waals surface area contributed by atoms with Gasteiger partial charge < -0.3 is 0 Å². The van der Waals surface area contributed by atoms with E-state index in [0.29, 0.717) is 11.1 Å². The van der Waals surface area contributed by atoms with Crippen molar-refractivity contribution in [1.82, 2.24) is 0 Å². The normalized spacial score (nSPS) is 11.1. The van der Waals surface area contributed by atoms with Crippen LogP contribution in [0.5, 0.6) is 0 Å². The highest BCUT2D eigenvalue weighted by molar-refractivity contribution is 5.79. The zero-order valence-electron chi connectivity index (χ0n) is 12.7. The quantitative estimate of drug-likeness (QED) is 0.695. The van der Waals surface area contributed by atoms with E-state index in [1.807, 2.05) is 19.1 Å². The van der Waals surface area contributed by atoms with Gasteiger partial charge in [0.25, 0.3) is 0 Å². The topological polar surface area (TPSA) is 23.8 Å². The van der Waals surface area contributed by atoms with E-state index in [1.54, 1.807) is 18.2 Å². The van der Waals surface area contributed by atoms with E-state index in [0.717, 1.165) is 30.0 Å². The van der Waals surface area contributed by atoms with Crippen molar-refractivity contribution in [2.75, 3.05) is 0 Å². The van der Waals surface area contributed by atoms with Crippen LogP contribution in [0.25, 0.3) is 17.2 Å². The molecule has 118 valence electrons. The Morgan fingerprint density at radius 1 is 1.17 bits per heavy atom. The first-order valence-electron chi connectivity index (χ1n) is 7.28. The van der Waals surface area contributed by atoms with Crippen LogP contribution in [0, 0.1) is 11.3 Å². The lowest BCUT2D eigenvalue weighted by atomic mass is 9.90. The summed E-state index contributed by atoms with van der Waals surface area (Å²) in [4.78, 5) is 0. The summed E-state index contributed by atoms with van der Waals surface area (Å²) in [6, 6.07) is 11.3. The number of rotatable bonds is 4. The molecular formula is C19H16F3N. The van der Waals surface area contributed by atoms with Gasteiger partial charge in [-0.15, -0.1) is 0 Å². The fourth-order valence-electron chi connectivity index (χ4n) is 2.62. The van der Waals surface area contributed by atoms with Gasteiger partial charge in [-0.1, -0.05) is 50.3 Å². The maximum absolute atomic E-state index is 13.2. The molecular weight excluding hydrogens is 299 g/mol. The number of nitrogens with zero attached hydrogens (tertiary/aromatic N) is 1. The molecule has 1 nitrogen and oxygen atoms in total. The van der Waals surface area contributed by atoms with Crippen LogP contribution in [0.2, 0.25) is 0 Å². The number of nitriles is 1. The highest BCUT2D eigenvalue weighted by atomic mass is 19.4. The summed E-state index contributed by atoms with van der Waals surface area (Å²) in [6.45, 7) is 5.69. The van der Waals surface area contributed by atoms with Gasteiger partial charge in [-0.05, 0) is 40.8 Å². The van der Waals surface area contributed by atoms with Gasteiger partial charge in [0.15, 0.2) is 0 Å². The Morgan fingerprint density at radius 2 is 1.87 bits per heavy atom. The molecule has 0 unspecified atom stereocenters. The zero-order chi connectivity index (χ0) is 17.0. The van der Waals surface area contributed by atoms with E-state index in [4.69, 9.17) is 5.26 Å². The van der Waals surface area contributed by atoms with Gasteiger partial charge in [0, 0.05) is 0 Å². The van der Waals surface area contributed by atoms with Gasteiger partial charge >= 0.3 is 6.18 Å². The first kappa shape index (κ1) is 16.8. The third-order valence-electron chi connectivity index (χ3n) is 3.66. The Labute approximate surface area is 133 Å². The summed E-state index contributed by atoms with van der Waals surface area (Å²) in [5.41, 5.74) is 1.42. The van der Waals surface area contributed by atoms with Gasteiger partial charge in [0.05, 0.1) is 17.2 Å². The van der Waals surface area contributed by atoms with Crippen molar-refractivity contribution in [2.45, 2.75) is 25.9 Å². The molecule has 0 aromatic heterocycles. The highest BCUT2D eigenvalue weighted by Crippen LogP contribution is 2.38. The number of hydrogen-bond acceptors (Lipinski definition) is 1. The molecule has 2 rings (SSSR count). The molecule has 23 heavy (non-hydrogen) atoms. The first-order chi connectivity index (χ1) is 10.9. The van der Waals surface area contributed by atoms with Crippen LogP contribution in [0.4, 0.5) is 13.2 Å². The molecule has 0 aliphatic carbocycles. The highest BCUT2D eigenvalue weighted by Gasteiger charge is 2.34. The average molecular weight is 315 g/mol. The number of aryl methyl sites for hydroxylation is 1. The second-order valence-electron chi connectivity index (χ2n) is 5.21. The Bertz CT molecular complexity index is 767. The fraction of sp³-hybridized carbons (Fsp3) is 0.211. The molecule has 0 heterocycles. The Morgan fingerprint density at radius 3 is 2.43 bits per heavy atom. The number of alkyl halides is 3. The predicted molar refractivity (Wildman–Crippen MR) is 85.7 cm³/mol. The lowest BCUT2D eigenvalue weighted by Crippen LogP contribution is -2.09. The minimum atomic E-state index is -4.57. The van der Waals surface area contributed by atoms with Crippen molar-refractivity contribution in [3.8, 4) is 17.2 Å². The van der Waals surface area contributed by atoms with Crippen LogP contribution in [0.3, 0.4) is 0 Å². The van der Waals surface area contributed by atoms with Crippen LogP contribution < -0.4 is 0 Å². The van der Waals surface area contributed by atoms with Crippen LogP contribution in [0.15, 0.2) is 43.0 Å². The minimum Gasteiger partial charge on any atom is -0.192 e. The SMILES string of the molecule is C=Cc1cc(C#N)c(C(F)(F)F)cc1-c1ccccc1CCC. The molecule has 0 aliphatic rings. The van der Waals surface area contributed by atoms with Crippen molar-refractivity contribution in [1.29, 1.82) is 5.26 Å². The maximum atomic E-state index is 13.2. The summed E-state index contributed by atoms with van der Waals surface area (Å²) in [6.07, 6.45) is -1.42. The third kappa shape index (κ3) is 3.45. The standard InChI is InChI=1S/C19H16F3N/c1-3-7-14-8-5-6-9-16(14)17-11-18(19(20,21)22)15(12-23)10-13(17)4-2/h4-6,8-11H,2-3,7H2,1H3. The van der Waals surface area contributed by atoms with Crippen LogP contribution >= 0.6 is 0 Å². The second kappa shape index (κ2) is 6.70. The summed E-state index contributed by atoms with van der Waals surface area (Å²) in [7, 11) is 0. The van der Waals surface area contributed by atoms with Crippen molar-refractivity contribution >= 4 is 6.08 Å². The molecule has 0 N–H and O–H groups in total. The average Bonchev–Trinajstić information content (AvgIpc) is 2.53. The second-order valence-corrected chi connectivity index (χ2v) is 5.21. The molecule has 2 aromatic rings. The molecule has 0 amide bonds. The lowest BCUT2D eigenvalue weighted by Gasteiger charge is -2.16. The van der Waals surface area contributed by atoms with Gasteiger partial charge in [-0.25, -0.2) is 0 Å². The molecule has 0 saturated heterocycles. The van der Waals surface area contributed by atoms with Crippen LogP contribution in [-0.2, 0) is 12.6 Å². The minimum absolute atomic E-state index is 0.385. The summed E-state index contributed by atoms with van der Waals surface area (Å²) in [5.74, 6) is 0. The van der Waals surface area contributed by atoms with Crippen molar-refractivity contribution in [2.24, 2.45) is 0 Å². The molecule has 0 bridgehead atoms. The number of halogens is 3. The molecule has 0 radical (unpaired) electrons. The van der Waals surface area contributed by atoms with Crippen molar-refractivity contribution < 1.29 is 13.2 Å². The van der Waals surface area contributed by atoms with E-state index < -0.39 is 11.7 Å². The smallest absolute Gasteiger partial charge is 0.192 e. The lowest BCUT2D eigenvalue weighted by molar-refractivity contribution is -0.137. The van der Waals surface area contributed by atoms with Gasteiger partial charge in [-0.3, -0.25) is 0 Å². The Hall–Kier alpha value is -2.54. The van der Waals surface area contributed by atoms with Crippen molar-refractivity contribution in [3.05, 3.63) is 65.2 Å². The van der Waals surface area contributed by atoms with Gasteiger partial charge in [0.1, 0.15) is 0 Å². The number of hydrogen-bond donors (Lipinski definition) is 0. The van der Waals surface area contributed by atoms with E-state index in [1.165, 1.54) is 12.1 Å². The van der Waals surface area contributed by atoms with E-state index in [9.17, 15) is 13.2 Å². The first-order valence-corrected chi connectivity index (χ1v) is 7.28. The molecule has 0 saturated carbocycles. The third-order valence-corrected chi connectivity index (χ3v) is 3.66. The summed E-state index contributed by atoms with van der Waals surface area (Å²) >= 11 is 0. The largest absolute Gasteiger partial charge is 0.417 e. The van der Waals surface area contributed by atoms with Crippen molar-refractivity contribution in [3.63, 3.8) is 0 Å². The molecule has 0 atom stereocenters. The molecule has 0 spiro atoms. The Balaban J connectivity index is 2.77. The van der Waals surface area contributed by atoms with E-state index >= 15 is 0 Å². The maximum Gasteiger partial charge on any atom is 0.417 e. The molecule has 0 aliphatic heterocycles. The van der Waals surface area contributed by atoms with Gasteiger partial charge in [-0.2, -0.15) is 18.4 Å². The van der Waals surface area contributed by atoms with Gasteiger partial charge in [0.2, 0.25) is 0 Å². The number of benzene rings is 2. The monoisotopic (exact) mass is 315 g/mol. The predicted octanol–water partition coefficient (Wildman–Crippen LogP) is 5.84. The van der Waals surface area contributed by atoms with Crippen LogP contribution in [-0.4, -0.2) is 0 Å². The van der Waals surface area contributed by atoms with E-state index in [2.05, 4.69) is 6.58 Å². The zero-order valence-corrected chi connectivity index (χ0v) is 12.7. The molecule has 2 aromatic carbocycles. The molecule has 0 fully saturated rings. The fourth-order valence-corrected chi connectivity index (χ4v) is 2.62. The summed E-state index contributed by atoms with van der Waals surface area (Å²) in [5, 5.41) is 9.02. The summed E-state index contributed by atoms with van der Waals surface area (Å²) < 4.78 is 39.7. The van der Waals surface area contributed by atoms with Crippen LogP contribution in [0.1, 0.15) is 35.6 Å². The molecule has 4 heteroatoms.